The maximum absolute atomic E-state index is 13.1. The van der Waals surface area contributed by atoms with Crippen LogP contribution in [0.5, 0.6) is 5.75 Å². The average molecular weight is 403 g/mol. The topological polar surface area (TPSA) is 49.4 Å². The van der Waals surface area contributed by atoms with Crippen molar-refractivity contribution in [1.82, 2.24) is 0 Å². The fourth-order valence-electron chi connectivity index (χ4n) is 1.64. The number of hydrogen-bond donors (Lipinski definition) is 0. The second-order valence-corrected chi connectivity index (χ2v) is 5.74. The summed E-state index contributed by atoms with van der Waals surface area (Å²) in [7, 11) is 0. The van der Waals surface area contributed by atoms with Crippen LogP contribution in [-0.2, 0) is 6.61 Å². The molecule has 3 nitrogen and oxygen atoms in total. The lowest BCUT2D eigenvalue weighted by molar-refractivity contribution is -0.255. The van der Waals surface area contributed by atoms with Gasteiger partial charge in [-0.25, -0.2) is 4.39 Å². The van der Waals surface area contributed by atoms with Gasteiger partial charge in [0.05, 0.1) is 10.4 Å². The molecule has 0 amide bonds. The van der Waals surface area contributed by atoms with E-state index in [1.165, 1.54) is 18.2 Å². The highest BCUT2D eigenvalue weighted by Crippen LogP contribution is 2.33. The minimum absolute atomic E-state index is 0.0538. The van der Waals surface area contributed by atoms with Crippen LogP contribution in [0.2, 0.25) is 0 Å². The Bertz CT molecular complexity index is 659. The van der Waals surface area contributed by atoms with E-state index in [2.05, 4.69) is 31.9 Å². The van der Waals surface area contributed by atoms with Crippen LogP contribution in [0.25, 0.3) is 0 Å². The molecule has 0 aromatic heterocycles. The summed E-state index contributed by atoms with van der Waals surface area (Å²) in [6, 6.07) is 8.95. The molecule has 2 aromatic rings. The highest BCUT2D eigenvalue weighted by atomic mass is 79.9. The SMILES string of the molecule is O=C([O-])c1cc(Br)cc(Br)c1OCc1cccc(F)c1. The van der Waals surface area contributed by atoms with E-state index in [0.717, 1.165) is 0 Å². The van der Waals surface area contributed by atoms with Crippen LogP contribution in [0.1, 0.15) is 15.9 Å². The van der Waals surface area contributed by atoms with E-state index >= 15 is 0 Å². The molecule has 20 heavy (non-hydrogen) atoms. The number of carboxylic acids is 1. The largest absolute Gasteiger partial charge is 0.545 e. The van der Waals surface area contributed by atoms with Gasteiger partial charge >= 0.3 is 0 Å². The van der Waals surface area contributed by atoms with Crippen LogP contribution in [0, 0.1) is 5.82 Å². The van der Waals surface area contributed by atoms with Crippen molar-refractivity contribution in [3.8, 4) is 5.75 Å². The molecular formula is C14H8Br2FO3-. The van der Waals surface area contributed by atoms with Gasteiger partial charge < -0.3 is 14.6 Å². The van der Waals surface area contributed by atoms with Crippen LogP contribution < -0.4 is 9.84 Å². The normalized spacial score (nSPS) is 10.3. The van der Waals surface area contributed by atoms with Crippen LogP contribution in [-0.4, -0.2) is 5.97 Å². The number of carbonyl (C=O) groups excluding carboxylic acids is 1. The van der Waals surface area contributed by atoms with Gasteiger partial charge in [-0.05, 0) is 45.8 Å². The van der Waals surface area contributed by atoms with Crippen LogP contribution >= 0.6 is 31.9 Å². The molecule has 0 aliphatic rings. The van der Waals surface area contributed by atoms with E-state index in [1.807, 2.05) is 0 Å². The van der Waals surface area contributed by atoms with Gasteiger partial charge in [0, 0.05) is 10.0 Å². The molecule has 0 atom stereocenters. The van der Waals surface area contributed by atoms with Gasteiger partial charge in [-0.15, -0.1) is 0 Å². The summed E-state index contributed by atoms with van der Waals surface area (Å²) in [6.45, 7) is 0.0538. The molecule has 0 unspecified atom stereocenters. The highest BCUT2D eigenvalue weighted by Gasteiger charge is 2.11. The number of aromatic carboxylic acids is 1. The molecule has 0 N–H and O–H groups in total. The summed E-state index contributed by atoms with van der Waals surface area (Å²) in [5, 5.41) is 11.1. The Balaban J connectivity index is 2.27. The summed E-state index contributed by atoms with van der Waals surface area (Å²) >= 11 is 6.43. The standard InChI is InChI=1S/C14H9Br2FO3/c15-9-5-11(14(18)19)13(12(16)6-9)20-7-8-2-1-3-10(17)4-8/h1-6H,7H2,(H,18,19)/p-1. The zero-order chi connectivity index (χ0) is 14.7. The predicted octanol–water partition coefficient (Wildman–Crippen LogP) is 3.29. The number of hydrogen-bond acceptors (Lipinski definition) is 3. The smallest absolute Gasteiger partial charge is 0.143 e. The Morgan fingerprint density at radius 3 is 2.65 bits per heavy atom. The minimum Gasteiger partial charge on any atom is -0.545 e. The molecule has 0 fully saturated rings. The number of carboxylic acid groups (broad SMARTS) is 1. The predicted molar refractivity (Wildman–Crippen MR) is 76.9 cm³/mol. The van der Waals surface area contributed by atoms with Crippen LogP contribution in [0.4, 0.5) is 4.39 Å². The molecule has 2 aromatic carbocycles. The molecule has 0 saturated heterocycles. The van der Waals surface area contributed by atoms with E-state index < -0.39 is 5.97 Å². The first-order chi connectivity index (χ1) is 9.47. The monoisotopic (exact) mass is 401 g/mol. The van der Waals surface area contributed by atoms with Crippen LogP contribution in [0.15, 0.2) is 45.3 Å². The van der Waals surface area contributed by atoms with Gasteiger partial charge in [-0.2, -0.15) is 0 Å². The van der Waals surface area contributed by atoms with E-state index in [9.17, 15) is 14.3 Å². The lowest BCUT2D eigenvalue weighted by atomic mass is 10.2. The third-order valence-corrected chi connectivity index (χ3v) is 3.55. The molecular weight excluding hydrogens is 395 g/mol. The molecule has 0 radical (unpaired) electrons. The van der Waals surface area contributed by atoms with E-state index in [0.29, 0.717) is 14.5 Å². The van der Waals surface area contributed by atoms with Gasteiger partial charge in [-0.1, -0.05) is 28.1 Å². The summed E-state index contributed by atoms with van der Waals surface area (Å²) in [5.74, 6) is -1.57. The summed E-state index contributed by atoms with van der Waals surface area (Å²) in [4.78, 5) is 11.1. The zero-order valence-corrected chi connectivity index (χ0v) is 13.2. The molecule has 0 heterocycles. The Morgan fingerprint density at radius 1 is 1.25 bits per heavy atom. The van der Waals surface area contributed by atoms with Gasteiger partial charge in [0.15, 0.2) is 0 Å². The first kappa shape index (κ1) is 15.0. The average Bonchev–Trinajstić information content (AvgIpc) is 2.36. The van der Waals surface area contributed by atoms with Gasteiger partial charge in [0.2, 0.25) is 0 Å². The van der Waals surface area contributed by atoms with Gasteiger partial charge in [0.1, 0.15) is 18.2 Å². The quantitative estimate of drug-likeness (QED) is 0.788. The van der Waals surface area contributed by atoms with Gasteiger partial charge in [-0.3, -0.25) is 0 Å². The Kier molecular flexibility index (Phi) is 4.77. The number of ether oxygens (including phenoxy) is 1. The third-order valence-electron chi connectivity index (χ3n) is 2.50. The van der Waals surface area contributed by atoms with Crippen molar-refractivity contribution in [3.63, 3.8) is 0 Å². The molecule has 0 bridgehead atoms. The van der Waals surface area contributed by atoms with Crippen molar-refractivity contribution in [3.05, 3.63) is 62.3 Å². The van der Waals surface area contributed by atoms with Crippen molar-refractivity contribution in [2.75, 3.05) is 0 Å². The first-order valence-corrected chi connectivity index (χ1v) is 7.13. The van der Waals surface area contributed by atoms with Gasteiger partial charge in [0.25, 0.3) is 0 Å². The summed E-state index contributed by atoms with van der Waals surface area (Å²) in [6.07, 6.45) is 0. The lowest BCUT2D eigenvalue weighted by Crippen LogP contribution is -2.23. The Labute approximate surface area is 131 Å². The highest BCUT2D eigenvalue weighted by molar-refractivity contribution is 9.11. The van der Waals surface area contributed by atoms with E-state index in [1.54, 1.807) is 18.2 Å². The minimum atomic E-state index is -1.35. The molecule has 0 saturated carbocycles. The summed E-state index contributed by atoms with van der Waals surface area (Å²) < 4.78 is 19.6. The maximum Gasteiger partial charge on any atom is 0.143 e. The van der Waals surface area contributed by atoms with Crippen molar-refractivity contribution < 1.29 is 19.0 Å². The molecule has 104 valence electrons. The summed E-state index contributed by atoms with van der Waals surface area (Å²) in [5.41, 5.74) is 0.520. The third kappa shape index (κ3) is 3.58. The van der Waals surface area contributed by atoms with Crippen molar-refractivity contribution in [2.24, 2.45) is 0 Å². The Morgan fingerprint density at radius 2 is 2.00 bits per heavy atom. The van der Waals surface area contributed by atoms with Crippen molar-refractivity contribution in [1.29, 1.82) is 0 Å². The number of carbonyl (C=O) groups is 1. The fraction of sp³-hybridized carbons (Fsp3) is 0.0714. The zero-order valence-electron chi connectivity index (χ0n) is 10.0. The Hall–Kier alpha value is -1.40. The van der Waals surface area contributed by atoms with Crippen molar-refractivity contribution in [2.45, 2.75) is 6.61 Å². The molecule has 0 aliphatic heterocycles. The maximum atomic E-state index is 13.1. The number of halogens is 3. The number of rotatable bonds is 4. The van der Waals surface area contributed by atoms with Crippen molar-refractivity contribution >= 4 is 37.8 Å². The second kappa shape index (κ2) is 6.37. The fourth-order valence-corrected chi connectivity index (χ4v) is 2.98. The second-order valence-electron chi connectivity index (χ2n) is 3.97. The molecule has 0 aliphatic carbocycles. The van der Waals surface area contributed by atoms with Crippen LogP contribution in [0.3, 0.4) is 0 Å². The van der Waals surface area contributed by atoms with E-state index in [-0.39, 0.29) is 23.7 Å². The van der Waals surface area contributed by atoms with E-state index in [4.69, 9.17) is 4.74 Å². The lowest BCUT2D eigenvalue weighted by Gasteiger charge is -2.14. The number of benzene rings is 2. The molecule has 2 rings (SSSR count). The molecule has 0 spiro atoms. The first-order valence-electron chi connectivity index (χ1n) is 5.55. The molecule has 6 heteroatoms.